The van der Waals surface area contributed by atoms with Crippen molar-refractivity contribution < 1.29 is 0 Å². The molecule has 3 aromatic rings. The fraction of sp³-hybridized carbons (Fsp3) is 0.350. The van der Waals surface area contributed by atoms with E-state index >= 15 is 0 Å². The van der Waals surface area contributed by atoms with E-state index in [1.165, 1.54) is 24.9 Å². The molecule has 0 atom stereocenters. The molecule has 1 saturated heterocycles. The number of rotatable bonds is 2. The molecule has 1 aliphatic carbocycles. The minimum atomic E-state index is -0.00712. The lowest BCUT2D eigenvalue weighted by atomic mass is 10.0. The molecule has 3 N–H and O–H groups in total. The lowest BCUT2D eigenvalue weighted by molar-refractivity contribution is 0.581. The van der Waals surface area contributed by atoms with Crippen molar-refractivity contribution in [3.63, 3.8) is 0 Å². The number of aromatic nitrogens is 2. The first-order valence-electron chi connectivity index (χ1n) is 8.88. The number of aryl methyl sites for hydroxylation is 1. The molecule has 1 spiro atoms. The Morgan fingerprint density at radius 2 is 2.00 bits per heavy atom. The third-order valence-corrected chi connectivity index (χ3v) is 5.94. The highest BCUT2D eigenvalue weighted by Gasteiger charge is 2.47. The Bertz CT molecular complexity index is 1040. The number of hydrogen-bond donors (Lipinski definition) is 2. The predicted molar refractivity (Wildman–Crippen MR) is 102 cm³/mol. The van der Waals surface area contributed by atoms with Crippen molar-refractivity contribution in [3.8, 4) is 11.1 Å². The number of aromatic amines is 1. The summed E-state index contributed by atoms with van der Waals surface area (Å²) in [5.74, 6) is 0. The maximum atomic E-state index is 12.4. The van der Waals surface area contributed by atoms with Gasteiger partial charge in [0.05, 0.1) is 0 Å². The van der Waals surface area contributed by atoms with E-state index in [-0.39, 0.29) is 5.56 Å². The summed E-state index contributed by atoms with van der Waals surface area (Å²) in [4.78, 5) is 17.9. The van der Waals surface area contributed by atoms with Crippen LogP contribution < -0.4 is 16.2 Å². The number of H-pyrrole nitrogens is 1. The Morgan fingerprint density at radius 3 is 2.76 bits per heavy atom. The zero-order valence-electron chi connectivity index (χ0n) is 14.4. The van der Waals surface area contributed by atoms with E-state index < -0.39 is 0 Å². The molecule has 5 heteroatoms. The third kappa shape index (κ3) is 2.18. The number of nitrogens with two attached hydrogens (primary N) is 1. The van der Waals surface area contributed by atoms with Crippen LogP contribution in [0.1, 0.15) is 19.3 Å². The molecule has 0 unspecified atom stereocenters. The van der Waals surface area contributed by atoms with Gasteiger partial charge in [-0.3, -0.25) is 4.79 Å². The second-order valence-corrected chi connectivity index (χ2v) is 7.67. The van der Waals surface area contributed by atoms with Crippen molar-refractivity contribution in [1.82, 2.24) is 9.55 Å². The molecule has 2 aliphatic rings. The highest BCUT2D eigenvalue weighted by atomic mass is 16.1. The van der Waals surface area contributed by atoms with Gasteiger partial charge in [-0.05, 0) is 48.9 Å². The molecule has 1 saturated carbocycles. The SMILES string of the molecule is Cn1cc(-c2cc(N)ccc2N2CCC3(CC3)C2)c2cc[nH]c2c1=O. The first-order valence-corrected chi connectivity index (χ1v) is 8.88. The van der Waals surface area contributed by atoms with Gasteiger partial charge in [-0.2, -0.15) is 0 Å². The Hall–Kier alpha value is -2.69. The van der Waals surface area contributed by atoms with Gasteiger partial charge in [0.2, 0.25) is 0 Å². The Labute approximate surface area is 146 Å². The summed E-state index contributed by atoms with van der Waals surface area (Å²) in [6, 6.07) is 8.13. The lowest BCUT2D eigenvalue weighted by Crippen LogP contribution is -2.21. The van der Waals surface area contributed by atoms with Crippen LogP contribution in [0, 0.1) is 5.41 Å². The molecular formula is C20H22N4O. The van der Waals surface area contributed by atoms with Gasteiger partial charge in [0.1, 0.15) is 5.52 Å². The first kappa shape index (κ1) is 14.6. The van der Waals surface area contributed by atoms with E-state index in [1.807, 2.05) is 30.6 Å². The van der Waals surface area contributed by atoms with E-state index in [2.05, 4.69) is 16.0 Å². The molecule has 2 fully saturated rings. The molecule has 5 rings (SSSR count). The number of pyridine rings is 1. The minimum Gasteiger partial charge on any atom is -0.399 e. The van der Waals surface area contributed by atoms with Gasteiger partial charge in [0.15, 0.2) is 0 Å². The van der Waals surface area contributed by atoms with Crippen molar-refractivity contribution in [1.29, 1.82) is 0 Å². The van der Waals surface area contributed by atoms with Crippen molar-refractivity contribution in [2.75, 3.05) is 23.7 Å². The minimum absolute atomic E-state index is 0.00712. The average molecular weight is 334 g/mol. The fourth-order valence-electron chi connectivity index (χ4n) is 4.25. The molecule has 25 heavy (non-hydrogen) atoms. The lowest BCUT2D eigenvalue weighted by Gasteiger charge is -2.23. The first-order chi connectivity index (χ1) is 12.1. The largest absolute Gasteiger partial charge is 0.399 e. The topological polar surface area (TPSA) is 67.0 Å². The molecule has 0 amide bonds. The highest BCUT2D eigenvalue weighted by Crippen LogP contribution is 2.54. The standard InChI is InChI=1S/C20H22N4O/c1-23-11-16(14-4-8-22-18(14)19(23)25)15-10-13(21)2-3-17(15)24-9-7-20(12-24)5-6-20/h2-4,8,10-11,22H,5-7,9,12,21H2,1H3. The summed E-state index contributed by atoms with van der Waals surface area (Å²) in [5, 5.41) is 0.954. The van der Waals surface area contributed by atoms with Gasteiger partial charge in [-0.15, -0.1) is 0 Å². The molecule has 128 valence electrons. The number of nitrogens with one attached hydrogen (secondary N) is 1. The number of anilines is 2. The van der Waals surface area contributed by atoms with E-state index in [1.54, 1.807) is 11.6 Å². The molecule has 0 bridgehead atoms. The summed E-state index contributed by atoms with van der Waals surface area (Å²) in [7, 11) is 1.80. The normalized spacial score (nSPS) is 18.4. The van der Waals surface area contributed by atoms with Gasteiger partial charge in [0, 0.05) is 60.4 Å². The third-order valence-electron chi connectivity index (χ3n) is 5.94. The van der Waals surface area contributed by atoms with Crippen molar-refractivity contribution in [3.05, 3.63) is 47.0 Å². The molecular weight excluding hydrogens is 312 g/mol. The summed E-state index contributed by atoms with van der Waals surface area (Å²) in [6.45, 7) is 2.23. The molecule has 1 aromatic carbocycles. The van der Waals surface area contributed by atoms with Crippen LogP contribution in [0.3, 0.4) is 0 Å². The van der Waals surface area contributed by atoms with Gasteiger partial charge in [-0.1, -0.05) is 0 Å². The number of fused-ring (bicyclic) bond motifs is 1. The zero-order valence-corrected chi connectivity index (χ0v) is 14.4. The van der Waals surface area contributed by atoms with Crippen LogP contribution in [0.25, 0.3) is 22.0 Å². The molecule has 0 radical (unpaired) electrons. The van der Waals surface area contributed by atoms with E-state index in [9.17, 15) is 4.79 Å². The quantitative estimate of drug-likeness (QED) is 0.708. The molecule has 1 aliphatic heterocycles. The van der Waals surface area contributed by atoms with Crippen LogP contribution in [0.5, 0.6) is 0 Å². The summed E-state index contributed by atoms with van der Waals surface area (Å²) < 4.78 is 1.65. The second kappa shape index (κ2) is 4.91. The second-order valence-electron chi connectivity index (χ2n) is 7.67. The maximum Gasteiger partial charge on any atom is 0.274 e. The van der Waals surface area contributed by atoms with Crippen LogP contribution >= 0.6 is 0 Å². The van der Waals surface area contributed by atoms with E-state index in [0.29, 0.717) is 10.9 Å². The fourth-order valence-corrected chi connectivity index (χ4v) is 4.25. The zero-order chi connectivity index (χ0) is 17.2. The van der Waals surface area contributed by atoms with Crippen LogP contribution in [0.4, 0.5) is 11.4 Å². The van der Waals surface area contributed by atoms with Gasteiger partial charge >= 0.3 is 0 Å². The van der Waals surface area contributed by atoms with Gasteiger partial charge in [-0.25, -0.2) is 0 Å². The number of hydrogen-bond acceptors (Lipinski definition) is 3. The van der Waals surface area contributed by atoms with Crippen molar-refractivity contribution in [2.24, 2.45) is 12.5 Å². The highest BCUT2D eigenvalue weighted by molar-refractivity contribution is 5.98. The van der Waals surface area contributed by atoms with Crippen molar-refractivity contribution >= 4 is 22.3 Å². The molecule has 3 heterocycles. The van der Waals surface area contributed by atoms with E-state index in [4.69, 9.17) is 5.73 Å². The Balaban J connectivity index is 1.72. The smallest absolute Gasteiger partial charge is 0.274 e. The number of nitrogens with zero attached hydrogens (tertiary/aromatic N) is 2. The number of nitrogen functional groups attached to an aromatic ring is 1. The molecule has 5 nitrogen and oxygen atoms in total. The monoisotopic (exact) mass is 334 g/mol. The van der Waals surface area contributed by atoms with Crippen molar-refractivity contribution in [2.45, 2.75) is 19.3 Å². The van der Waals surface area contributed by atoms with Gasteiger partial charge < -0.3 is 20.2 Å². The molecule has 2 aromatic heterocycles. The summed E-state index contributed by atoms with van der Waals surface area (Å²) in [5.41, 5.74) is 11.5. The summed E-state index contributed by atoms with van der Waals surface area (Å²) >= 11 is 0. The van der Waals surface area contributed by atoms with Crippen LogP contribution in [-0.2, 0) is 7.05 Å². The van der Waals surface area contributed by atoms with Crippen LogP contribution in [0.2, 0.25) is 0 Å². The maximum absolute atomic E-state index is 12.4. The van der Waals surface area contributed by atoms with Gasteiger partial charge in [0.25, 0.3) is 5.56 Å². The van der Waals surface area contributed by atoms with E-state index in [0.717, 1.165) is 35.3 Å². The predicted octanol–water partition coefficient (Wildman–Crippen LogP) is 3.11. The van der Waals surface area contributed by atoms with Crippen LogP contribution in [-0.4, -0.2) is 22.6 Å². The Morgan fingerprint density at radius 1 is 1.16 bits per heavy atom. The van der Waals surface area contributed by atoms with Crippen LogP contribution in [0.15, 0.2) is 41.5 Å². The summed E-state index contributed by atoms with van der Waals surface area (Å²) in [6.07, 6.45) is 7.76. The average Bonchev–Trinajstić information content (AvgIpc) is 3.00. The Kier molecular flexibility index (Phi) is 2.87. The number of benzene rings is 1.